The lowest BCUT2D eigenvalue weighted by molar-refractivity contribution is -0.132. The third kappa shape index (κ3) is 5.08. The number of sulfonamides is 1. The first-order valence-corrected chi connectivity index (χ1v) is 9.37. The van der Waals surface area contributed by atoms with Gasteiger partial charge in [-0.05, 0) is 30.3 Å². The van der Waals surface area contributed by atoms with E-state index in [9.17, 15) is 23.1 Å². The molecule has 0 saturated heterocycles. The van der Waals surface area contributed by atoms with E-state index in [1.807, 2.05) is 0 Å². The van der Waals surface area contributed by atoms with Crippen LogP contribution >= 0.6 is 23.2 Å². The smallest absolute Gasteiger partial charge is 0.261 e. The molecule has 136 valence electrons. The van der Waals surface area contributed by atoms with E-state index in [4.69, 9.17) is 23.2 Å². The van der Waals surface area contributed by atoms with E-state index in [2.05, 4.69) is 4.72 Å². The van der Waals surface area contributed by atoms with Crippen LogP contribution in [0.15, 0.2) is 53.4 Å². The zero-order valence-corrected chi connectivity index (χ0v) is 15.7. The van der Waals surface area contributed by atoms with Crippen molar-refractivity contribution < 1.29 is 23.1 Å². The monoisotopic (exact) mass is 413 g/mol. The van der Waals surface area contributed by atoms with Gasteiger partial charge in [0.15, 0.2) is 5.78 Å². The molecule has 0 aromatic heterocycles. The summed E-state index contributed by atoms with van der Waals surface area (Å²) in [4.78, 5) is 22.2. The number of halogens is 2. The van der Waals surface area contributed by atoms with Crippen molar-refractivity contribution >= 4 is 56.2 Å². The number of anilines is 1. The maximum Gasteiger partial charge on any atom is 0.261 e. The number of aliphatic hydroxyl groups is 1. The molecule has 0 radical (unpaired) electrons. The summed E-state index contributed by atoms with van der Waals surface area (Å²) in [6, 6.07) is 9.56. The van der Waals surface area contributed by atoms with Gasteiger partial charge in [-0.3, -0.25) is 14.3 Å². The van der Waals surface area contributed by atoms with Gasteiger partial charge in [0, 0.05) is 34.3 Å². The molecule has 0 spiro atoms. The van der Waals surface area contributed by atoms with Gasteiger partial charge < -0.3 is 5.11 Å². The van der Waals surface area contributed by atoms with E-state index >= 15 is 0 Å². The molecular formula is C17H13Cl2NO5S. The molecule has 9 heteroatoms. The maximum atomic E-state index is 12.4. The van der Waals surface area contributed by atoms with Gasteiger partial charge in [0.2, 0.25) is 5.78 Å². The van der Waals surface area contributed by atoms with E-state index in [-0.39, 0.29) is 26.2 Å². The minimum atomic E-state index is -3.98. The number of aliphatic hydroxyl groups excluding tert-OH is 1. The number of benzene rings is 2. The number of rotatable bonds is 6. The summed E-state index contributed by atoms with van der Waals surface area (Å²) >= 11 is 11.6. The number of nitrogens with one attached hydrogen (secondary N) is 1. The van der Waals surface area contributed by atoms with E-state index in [1.165, 1.54) is 42.5 Å². The van der Waals surface area contributed by atoms with Crippen molar-refractivity contribution in [2.24, 2.45) is 0 Å². The normalized spacial score (nSPS) is 11.9. The molecule has 0 saturated carbocycles. The third-order valence-corrected chi connectivity index (χ3v) is 4.97. The fraction of sp³-hybridized carbons (Fsp3) is 0.0588. The van der Waals surface area contributed by atoms with Crippen molar-refractivity contribution in [3.8, 4) is 0 Å². The lowest BCUT2D eigenvalue weighted by atomic mass is 10.1. The third-order valence-electron chi connectivity index (χ3n) is 3.17. The van der Waals surface area contributed by atoms with Crippen molar-refractivity contribution in [1.29, 1.82) is 0 Å². The van der Waals surface area contributed by atoms with Crippen LogP contribution in [0.25, 0.3) is 5.76 Å². The Morgan fingerprint density at radius 3 is 2.27 bits per heavy atom. The molecule has 0 atom stereocenters. The summed E-state index contributed by atoms with van der Waals surface area (Å²) in [5.41, 5.74) is 0.290. The zero-order valence-electron chi connectivity index (χ0n) is 13.4. The Bertz CT molecular complexity index is 995. The number of hydrogen-bond acceptors (Lipinski definition) is 5. The van der Waals surface area contributed by atoms with Gasteiger partial charge in [0.25, 0.3) is 10.0 Å². The average molecular weight is 414 g/mol. The molecule has 0 aliphatic rings. The second kappa shape index (κ2) is 7.90. The number of ketones is 2. The van der Waals surface area contributed by atoms with Gasteiger partial charge in [0.1, 0.15) is 5.76 Å². The molecule has 0 heterocycles. The number of allylic oxidation sites excluding steroid dienone is 1. The van der Waals surface area contributed by atoms with Crippen LogP contribution < -0.4 is 4.72 Å². The molecule has 2 N–H and O–H groups in total. The molecule has 26 heavy (non-hydrogen) atoms. The Kier molecular flexibility index (Phi) is 6.07. The quantitative estimate of drug-likeness (QED) is 0.425. The highest BCUT2D eigenvalue weighted by Crippen LogP contribution is 2.25. The molecule has 6 nitrogen and oxygen atoms in total. The number of hydrogen-bond donors (Lipinski definition) is 2. The van der Waals surface area contributed by atoms with Gasteiger partial charge >= 0.3 is 0 Å². The van der Waals surface area contributed by atoms with Crippen molar-refractivity contribution in [3.63, 3.8) is 0 Å². The van der Waals surface area contributed by atoms with Gasteiger partial charge in [-0.2, -0.15) is 0 Å². The number of carbonyl (C=O) groups excluding carboxylic acids is 2. The molecule has 0 amide bonds. The highest BCUT2D eigenvalue weighted by molar-refractivity contribution is 7.92. The van der Waals surface area contributed by atoms with Crippen molar-refractivity contribution in [3.05, 3.63) is 64.1 Å². The van der Waals surface area contributed by atoms with Crippen LogP contribution in [0.5, 0.6) is 0 Å². The Labute approximate surface area is 160 Å². The van der Waals surface area contributed by atoms with Crippen LogP contribution in [-0.4, -0.2) is 25.1 Å². The van der Waals surface area contributed by atoms with Gasteiger partial charge in [-0.15, -0.1) is 0 Å². The molecule has 2 rings (SSSR count). The SMILES string of the molecule is CC(=O)C(=O)/C=C(\O)c1cccc(NS(=O)(=O)c2cc(Cl)cc(Cl)c2)c1. The highest BCUT2D eigenvalue weighted by atomic mass is 35.5. The van der Waals surface area contributed by atoms with Gasteiger partial charge in [-0.25, -0.2) is 8.42 Å². The Hall–Kier alpha value is -2.35. The van der Waals surface area contributed by atoms with Crippen LogP contribution in [-0.2, 0) is 19.6 Å². The summed E-state index contributed by atoms with van der Waals surface area (Å²) in [6.07, 6.45) is 0.771. The second-order valence-corrected chi connectivity index (χ2v) is 7.80. The molecule has 0 unspecified atom stereocenters. The summed E-state index contributed by atoms with van der Waals surface area (Å²) in [6.45, 7) is 1.08. The molecule has 2 aromatic rings. The first kappa shape index (κ1) is 20.0. The highest BCUT2D eigenvalue weighted by Gasteiger charge is 2.16. The first-order chi connectivity index (χ1) is 12.1. The minimum absolute atomic E-state index is 0.132. The fourth-order valence-electron chi connectivity index (χ4n) is 1.95. The van der Waals surface area contributed by atoms with Crippen LogP contribution in [0.4, 0.5) is 5.69 Å². The Morgan fingerprint density at radius 1 is 1.08 bits per heavy atom. The minimum Gasteiger partial charge on any atom is -0.507 e. The molecule has 0 aliphatic carbocycles. The second-order valence-electron chi connectivity index (χ2n) is 5.24. The van der Waals surface area contributed by atoms with Crippen LogP contribution in [0, 0.1) is 0 Å². The van der Waals surface area contributed by atoms with Crippen LogP contribution in [0.3, 0.4) is 0 Å². The van der Waals surface area contributed by atoms with Crippen molar-refractivity contribution in [2.45, 2.75) is 11.8 Å². The summed E-state index contributed by atoms with van der Waals surface area (Å²) in [5, 5.41) is 10.3. The lowest BCUT2D eigenvalue weighted by Crippen LogP contribution is -2.13. The number of carbonyl (C=O) groups is 2. The van der Waals surface area contributed by atoms with Crippen LogP contribution in [0.1, 0.15) is 12.5 Å². The fourth-order valence-corrected chi connectivity index (χ4v) is 3.72. The summed E-state index contributed by atoms with van der Waals surface area (Å²) in [7, 11) is -3.98. The molecule has 0 aliphatic heterocycles. The number of Topliss-reactive ketones (excluding diaryl/α,β-unsaturated/α-hetero) is 1. The predicted octanol–water partition coefficient (Wildman–Crippen LogP) is 3.85. The summed E-state index contributed by atoms with van der Waals surface area (Å²) in [5.74, 6) is -2.06. The molecule has 0 bridgehead atoms. The largest absolute Gasteiger partial charge is 0.507 e. The average Bonchev–Trinajstić information content (AvgIpc) is 2.53. The molecular weight excluding hydrogens is 401 g/mol. The van der Waals surface area contributed by atoms with Crippen molar-refractivity contribution in [2.75, 3.05) is 4.72 Å². The zero-order chi connectivity index (χ0) is 19.5. The Balaban J connectivity index is 2.33. The predicted molar refractivity (Wildman–Crippen MR) is 100 cm³/mol. The van der Waals surface area contributed by atoms with E-state index in [0.717, 1.165) is 13.0 Å². The van der Waals surface area contributed by atoms with Gasteiger partial charge in [-0.1, -0.05) is 35.3 Å². The lowest BCUT2D eigenvalue weighted by Gasteiger charge is -2.10. The van der Waals surface area contributed by atoms with Gasteiger partial charge in [0.05, 0.1) is 4.90 Å². The topological polar surface area (TPSA) is 101 Å². The first-order valence-electron chi connectivity index (χ1n) is 7.13. The van der Waals surface area contributed by atoms with Crippen molar-refractivity contribution in [1.82, 2.24) is 0 Å². The van der Waals surface area contributed by atoms with Crippen LogP contribution in [0.2, 0.25) is 10.0 Å². The maximum absolute atomic E-state index is 12.4. The van der Waals surface area contributed by atoms with E-state index in [0.29, 0.717) is 0 Å². The Morgan fingerprint density at radius 2 is 1.69 bits per heavy atom. The van der Waals surface area contributed by atoms with E-state index < -0.39 is 27.3 Å². The summed E-state index contributed by atoms with van der Waals surface area (Å²) < 4.78 is 27.2. The standard InChI is InChI=1S/C17H13Cl2NO5S/c1-10(21)16(22)9-17(23)11-3-2-4-14(5-11)20-26(24,25)15-7-12(18)6-13(19)8-15/h2-9,20,23H,1H3/b17-9-. The molecule has 0 fully saturated rings. The molecule has 2 aromatic carbocycles. The van der Waals surface area contributed by atoms with E-state index in [1.54, 1.807) is 0 Å².